The topological polar surface area (TPSA) is 109 Å². The van der Waals surface area contributed by atoms with Crippen molar-refractivity contribution in [1.29, 1.82) is 0 Å². The van der Waals surface area contributed by atoms with Crippen LogP contribution in [-0.4, -0.2) is 39.5 Å². The lowest BCUT2D eigenvalue weighted by Crippen LogP contribution is -2.46. The predicted molar refractivity (Wildman–Crippen MR) is 89.5 cm³/mol. The van der Waals surface area contributed by atoms with Crippen molar-refractivity contribution in [2.45, 2.75) is 18.1 Å². The fraction of sp³-hybridized carbons (Fsp3) is 0.286. The number of urea groups is 1. The van der Waals surface area contributed by atoms with Crippen molar-refractivity contribution in [3.05, 3.63) is 40.0 Å². The Hall–Kier alpha value is -2.33. The highest BCUT2D eigenvalue weighted by Gasteiger charge is 2.34. The lowest BCUT2D eigenvalue weighted by molar-refractivity contribution is -0.139. The first-order chi connectivity index (χ1) is 11.7. The van der Waals surface area contributed by atoms with E-state index in [1.165, 1.54) is 29.4 Å². The molecule has 2 aromatic heterocycles. The Labute approximate surface area is 146 Å². The number of carbonyl (C=O) groups excluding carboxylic acids is 2. The Kier molecular flexibility index (Phi) is 5.16. The molecule has 0 aliphatic carbocycles. The Morgan fingerprint density at radius 1 is 1.50 bits per heavy atom. The van der Waals surface area contributed by atoms with Gasteiger partial charge in [-0.1, -0.05) is 17.8 Å². The number of hydrogen-bond donors (Lipinski definition) is 3. The zero-order valence-corrected chi connectivity index (χ0v) is 14.4. The van der Waals surface area contributed by atoms with Crippen LogP contribution in [0.5, 0.6) is 0 Å². The fourth-order valence-corrected chi connectivity index (χ4v) is 3.79. The number of H-pyrrole nitrogens is 1. The van der Waals surface area contributed by atoms with Crippen molar-refractivity contribution < 1.29 is 14.3 Å². The molecule has 24 heavy (non-hydrogen) atoms. The van der Waals surface area contributed by atoms with Gasteiger partial charge in [-0.25, -0.2) is 14.6 Å². The molecule has 10 heteroatoms. The highest BCUT2D eigenvalue weighted by Crippen LogP contribution is 2.32. The summed E-state index contributed by atoms with van der Waals surface area (Å²) in [5.41, 5.74) is 0.919. The van der Waals surface area contributed by atoms with Gasteiger partial charge < -0.3 is 15.4 Å². The van der Waals surface area contributed by atoms with Gasteiger partial charge in [0, 0.05) is 16.3 Å². The van der Waals surface area contributed by atoms with E-state index in [-0.39, 0.29) is 12.6 Å². The zero-order valence-electron chi connectivity index (χ0n) is 12.7. The van der Waals surface area contributed by atoms with Crippen molar-refractivity contribution >= 4 is 35.1 Å². The molecule has 3 rings (SSSR count). The van der Waals surface area contributed by atoms with Crippen LogP contribution in [0, 0.1) is 0 Å². The minimum Gasteiger partial charge on any atom is -0.463 e. The molecule has 0 spiro atoms. The average Bonchev–Trinajstić information content (AvgIpc) is 3.26. The van der Waals surface area contributed by atoms with Gasteiger partial charge in [-0.3, -0.25) is 5.10 Å². The number of rotatable bonds is 6. The lowest BCUT2D eigenvalue weighted by atomic mass is 10.0. The molecule has 3 heterocycles. The fourth-order valence-electron chi connectivity index (χ4n) is 2.25. The molecule has 126 valence electrons. The quantitative estimate of drug-likeness (QED) is 0.532. The van der Waals surface area contributed by atoms with Crippen LogP contribution in [0.3, 0.4) is 0 Å². The molecule has 0 fully saturated rings. The molecule has 2 amide bonds. The number of thiophene rings is 1. The van der Waals surface area contributed by atoms with E-state index in [0.29, 0.717) is 22.2 Å². The molecule has 0 aromatic carbocycles. The van der Waals surface area contributed by atoms with Crippen LogP contribution in [0.1, 0.15) is 17.8 Å². The summed E-state index contributed by atoms with van der Waals surface area (Å²) in [6.07, 6.45) is 1.40. The normalized spacial score (nSPS) is 17.4. The summed E-state index contributed by atoms with van der Waals surface area (Å²) < 4.78 is 5.18. The third-order valence-corrected chi connectivity index (χ3v) is 5.06. The summed E-state index contributed by atoms with van der Waals surface area (Å²) in [6.45, 7) is 2.01. The first-order valence-electron chi connectivity index (χ1n) is 7.18. The molecule has 0 bridgehead atoms. The summed E-state index contributed by atoms with van der Waals surface area (Å²) >= 11 is 2.81. The van der Waals surface area contributed by atoms with Gasteiger partial charge in [0.2, 0.25) is 0 Å². The molecule has 1 atom stereocenters. The van der Waals surface area contributed by atoms with Gasteiger partial charge in [0.25, 0.3) is 0 Å². The molecule has 1 aliphatic rings. The number of nitrogens with one attached hydrogen (secondary N) is 3. The number of aromatic nitrogens is 3. The average molecular weight is 365 g/mol. The maximum absolute atomic E-state index is 12.5. The van der Waals surface area contributed by atoms with Crippen LogP contribution in [-0.2, 0) is 9.53 Å². The molecule has 2 aromatic rings. The minimum absolute atomic E-state index is 0.260. The molecular weight excluding hydrogens is 350 g/mol. The summed E-state index contributed by atoms with van der Waals surface area (Å²) in [5.74, 6) is -0.0879. The SMILES string of the molecule is CCOC(=O)C1=C(CSc2ncn[nH]2)NC(=O)N[C@H]1c1cccs1. The summed E-state index contributed by atoms with van der Waals surface area (Å²) in [7, 11) is 0. The molecule has 0 saturated carbocycles. The van der Waals surface area contributed by atoms with Crippen LogP contribution in [0.25, 0.3) is 0 Å². The van der Waals surface area contributed by atoms with Gasteiger partial charge >= 0.3 is 12.0 Å². The number of ether oxygens (including phenoxy) is 1. The predicted octanol–water partition coefficient (Wildman–Crippen LogP) is 1.83. The minimum atomic E-state index is -0.525. The first kappa shape index (κ1) is 16.5. The van der Waals surface area contributed by atoms with Crippen LogP contribution in [0.15, 0.2) is 40.3 Å². The monoisotopic (exact) mass is 365 g/mol. The molecule has 0 unspecified atom stereocenters. The Bertz CT molecular complexity index is 743. The van der Waals surface area contributed by atoms with Gasteiger partial charge in [-0.2, -0.15) is 5.10 Å². The van der Waals surface area contributed by atoms with Crippen molar-refractivity contribution in [2.24, 2.45) is 0 Å². The summed E-state index contributed by atoms with van der Waals surface area (Å²) in [5, 5.41) is 14.5. The Morgan fingerprint density at radius 2 is 2.38 bits per heavy atom. The molecule has 3 N–H and O–H groups in total. The third kappa shape index (κ3) is 3.60. The van der Waals surface area contributed by atoms with E-state index in [1.54, 1.807) is 6.92 Å². The van der Waals surface area contributed by atoms with Crippen molar-refractivity contribution in [2.75, 3.05) is 12.4 Å². The number of hydrogen-bond acceptors (Lipinski definition) is 7. The molecule has 8 nitrogen and oxygen atoms in total. The molecular formula is C14H15N5O3S2. The highest BCUT2D eigenvalue weighted by atomic mass is 32.2. The number of amides is 2. The van der Waals surface area contributed by atoms with Gasteiger partial charge in [0.1, 0.15) is 6.33 Å². The maximum Gasteiger partial charge on any atom is 0.338 e. The first-order valence-corrected chi connectivity index (χ1v) is 9.04. The van der Waals surface area contributed by atoms with Crippen LogP contribution < -0.4 is 10.6 Å². The van der Waals surface area contributed by atoms with Gasteiger partial charge in [0.15, 0.2) is 5.16 Å². The van der Waals surface area contributed by atoms with E-state index in [1.807, 2.05) is 17.5 Å². The molecule has 0 saturated heterocycles. The number of thioether (sulfide) groups is 1. The number of nitrogens with zero attached hydrogens (tertiary/aromatic N) is 2. The second-order valence-corrected chi connectivity index (χ2v) is 6.68. The lowest BCUT2D eigenvalue weighted by Gasteiger charge is -2.28. The van der Waals surface area contributed by atoms with E-state index in [4.69, 9.17) is 4.74 Å². The van der Waals surface area contributed by atoms with E-state index in [0.717, 1.165) is 4.88 Å². The van der Waals surface area contributed by atoms with Crippen molar-refractivity contribution in [1.82, 2.24) is 25.8 Å². The number of carbonyl (C=O) groups is 2. The zero-order chi connectivity index (χ0) is 16.9. The van der Waals surface area contributed by atoms with Gasteiger partial charge in [-0.05, 0) is 18.4 Å². The third-order valence-electron chi connectivity index (χ3n) is 3.22. The number of aromatic amines is 1. The standard InChI is InChI=1S/C14H15N5O3S2/c1-2-22-12(20)10-8(6-24-14-15-7-16-19-14)17-13(21)18-11(10)9-4-3-5-23-9/h3-5,7,11H,2,6H2,1H3,(H,15,16,19)(H2,17,18,21)/t11-/m0/s1. The molecule has 1 aliphatic heterocycles. The van der Waals surface area contributed by atoms with Gasteiger partial charge in [-0.15, -0.1) is 11.3 Å². The van der Waals surface area contributed by atoms with E-state index >= 15 is 0 Å². The number of esters is 1. The summed E-state index contributed by atoms with van der Waals surface area (Å²) in [4.78, 5) is 29.4. The largest absolute Gasteiger partial charge is 0.463 e. The smallest absolute Gasteiger partial charge is 0.338 e. The molecule has 0 radical (unpaired) electrons. The highest BCUT2D eigenvalue weighted by molar-refractivity contribution is 7.99. The van der Waals surface area contributed by atoms with Gasteiger partial charge in [0.05, 0.1) is 18.2 Å². The van der Waals surface area contributed by atoms with Crippen molar-refractivity contribution in [3.63, 3.8) is 0 Å². The van der Waals surface area contributed by atoms with E-state index < -0.39 is 12.0 Å². The van der Waals surface area contributed by atoms with E-state index in [2.05, 4.69) is 25.8 Å². The van der Waals surface area contributed by atoms with Crippen LogP contribution >= 0.6 is 23.1 Å². The van der Waals surface area contributed by atoms with Crippen LogP contribution in [0.2, 0.25) is 0 Å². The summed E-state index contributed by atoms with van der Waals surface area (Å²) in [6, 6.07) is 2.87. The maximum atomic E-state index is 12.5. The Balaban J connectivity index is 1.93. The second kappa shape index (κ2) is 7.49. The second-order valence-electron chi connectivity index (χ2n) is 4.74. The van der Waals surface area contributed by atoms with Crippen LogP contribution in [0.4, 0.5) is 4.79 Å². The van der Waals surface area contributed by atoms with E-state index in [9.17, 15) is 9.59 Å². The Morgan fingerprint density at radius 3 is 3.04 bits per heavy atom. The van der Waals surface area contributed by atoms with Crippen molar-refractivity contribution in [3.8, 4) is 0 Å².